The van der Waals surface area contributed by atoms with E-state index in [0.29, 0.717) is 0 Å². The van der Waals surface area contributed by atoms with Gasteiger partial charge in [-0.1, -0.05) is 58.9 Å². The monoisotopic (exact) mass is 308 g/mol. The summed E-state index contributed by atoms with van der Waals surface area (Å²) in [7, 11) is -7.90. The highest BCUT2D eigenvalue weighted by Crippen LogP contribution is 2.60. The van der Waals surface area contributed by atoms with Crippen molar-refractivity contribution in [2.75, 3.05) is 0 Å². The third-order valence-corrected chi connectivity index (χ3v) is 27.1. The van der Waals surface area contributed by atoms with Gasteiger partial charge in [-0.25, -0.2) is 8.42 Å². The number of rotatable bonds is 3. The molecule has 0 spiro atoms. The Morgan fingerprint density at radius 2 is 1.06 bits per heavy atom. The predicted molar refractivity (Wildman–Crippen MR) is 85.5 cm³/mol. The zero-order valence-corrected chi connectivity index (χ0v) is 16.6. The lowest BCUT2D eigenvalue weighted by Gasteiger charge is -2.38. The molecule has 1 aliphatic rings. The van der Waals surface area contributed by atoms with Gasteiger partial charge >= 0.3 is 0 Å². The van der Waals surface area contributed by atoms with E-state index in [4.69, 9.17) is 0 Å². The molecular formula is C11H28O2SSi3. The lowest BCUT2D eigenvalue weighted by Crippen LogP contribution is -2.62. The molecule has 1 saturated heterocycles. The Labute approximate surface area is 110 Å². The molecule has 6 heteroatoms. The maximum Gasteiger partial charge on any atom is 0.153 e. The first-order valence-electron chi connectivity index (χ1n) is 6.35. The fourth-order valence-electron chi connectivity index (χ4n) is 4.18. The van der Waals surface area contributed by atoms with Crippen LogP contribution in [0.3, 0.4) is 0 Å². The van der Waals surface area contributed by atoms with Gasteiger partial charge in [0, 0.05) is 0 Å². The third kappa shape index (κ3) is 1.86. The molecule has 1 heterocycles. The van der Waals surface area contributed by atoms with Gasteiger partial charge in [-0.15, -0.1) is 0 Å². The SMILES string of the molecule is C[Si](C)(C)C1C([Si](C)(C)C)([Si](C)(C)C)S1(=O)=O. The summed E-state index contributed by atoms with van der Waals surface area (Å²) < 4.78 is 25.3. The van der Waals surface area contributed by atoms with Gasteiger partial charge in [0.25, 0.3) is 0 Å². The average molecular weight is 309 g/mol. The summed E-state index contributed by atoms with van der Waals surface area (Å²) in [5.74, 6) is 0. The number of hydrogen-bond acceptors (Lipinski definition) is 2. The minimum absolute atomic E-state index is 0.0285. The number of hydrogen-bond donors (Lipinski definition) is 0. The van der Waals surface area contributed by atoms with Crippen LogP contribution in [0, 0.1) is 0 Å². The Morgan fingerprint density at radius 1 is 0.765 bits per heavy atom. The Kier molecular flexibility index (Phi) is 3.30. The summed E-state index contributed by atoms with van der Waals surface area (Å²) >= 11 is 0. The van der Waals surface area contributed by atoms with Crippen molar-refractivity contribution >= 4 is 34.1 Å². The van der Waals surface area contributed by atoms with Crippen molar-refractivity contribution < 1.29 is 8.42 Å². The molecule has 0 amide bonds. The molecule has 0 N–H and O–H groups in total. The van der Waals surface area contributed by atoms with Crippen molar-refractivity contribution in [2.45, 2.75) is 67.8 Å². The van der Waals surface area contributed by atoms with Gasteiger partial charge in [0.1, 0.15) is 0 Å². The first kappa shape index (κ1) is 15.7. The molecule has 0 aliphatic carbocycles. The summed E-state index contributed by atoms with van der Waals surface area (Å²) in [6, 6.07) is 0. The molecule has 0 saturated carbocycles. The van der Waals surface area contributed by atoms with Gasteiger partial charge in [-0.3, -0.25) is 0 Å². The highest BCUT2D eigenvalue weighted by atomic mass is 32.2. The molecule has 1 atom stereocenters. The normalized spacial score (nSPS) is 27.9. The van der Waals surface area contributed by atoms with Crippen molar-refractivity contribution in [3.63, 3.8) is 0 Å². The predicted octanol–water partition coefficient (Wildman–Crippen LogP) is 3.15. The van der Waals surface area contributed by atoms with Crippen LogP contribution < -0.4 is 0 Å². The summed E-state index contributed by atoms with van der Waals surface area (Å²) in [6.07, 6.45) is 0. The second-order valence-electron chi connectivity index (χ2n) is 8.53. The molecule has 2 nitrogen and oxygen atoms in total. The highest BCUT2D eigenvalue weighted by molar-refractivity contribution is 8.08. The minimum Gasteiger partial charge on any atom is -0.229 e. The second kappa shape index (κ2) is 3.58. The van der Waals surface area contributed by atoms with Crippen LogP contribution in [0.25, 0.3) is 0 Å². The van der Waals surface area contributed by atoms with Crippen molar-refractivity contribution in [1.82, 2.24) is 0 Å². The smallest absolute Gasteiger partial charge is 0.153 e. The minimum atomic E-state index is -2.85. The molecule has 1 unspecified atom stereocenters. The van der Waals surface area contributed by atoms with Crippen LogP contribution in [0.2, 0.25) is 58.9 Å². The average Bonchev–Trinajstić information content (AvgIpc) is 2.44. The van der Waals surface area contributed by atoms with E-state index in [1.165, 1.54) is 0 Å². The molecule has 0 aromatic heterocycles. The fourth-order valence-corrected chi connectivity index (χ4v) is 38.6. The summed E-state index contributed by atoms with van der Waals surface area (Å²) in [6.45, 7) is 20.2. The lowest BCUT2D eigenvalue weighted by molar-refractivity contribution is 0.612. The fraction of sp³-hybridized carbons (Fsp3) is 1.00. The highest BCUT2D eigenvalue weighted by Gasteiger charge is 2.83. The van der Waals surface area contributed by atoms with E-state index < -0.39 is 34.1 Å². The first-order valence-corrected chi connectivity index (χ1v) is 18.5. The van der Waals surface area contributed by atoms with Gasteiger partial charge in [-0.2, -0.15) is 0 Å². The third-order valence-electron chi connectivity index (χ3n) is 4.09. The second-order valence-corrected chi connectivity index (χ2v) is 28.3. The van der Waals surface area contributed by atoms with Gasteiger partial charge in [0.15, 0.2) is 9.84 Å². The molecule has 0 radical (unpaired) electrons. The summed E-state index contributed by atoms with van der Waals surface area (Å²) in [5, 5.41) is 0. The van der Waals surface area contributed by atoms with Crippen LogP contribution in [0.4, 0.5) is 0 Å². The Morgan fingerprint density at radius 3 is 1.12 bits per heavy atom. The Balaban J connectivity index is 3.54. The molecule has 1 rings (SSSR count). The zero-order chi connectivity index (χ0) is 14.1. The van der Waals surface area contributed by atoms with E-state index in [9.17, 15) is 8.42 Å². The van der Waals surface area contributed by atoms with Gasteiger partial charge in [0.05, 0.1) is 33.1 Å². The molecule has 1 fully saturated rings. The van der Waals surface area contributed by atoms with Gasteiger partial charge in [-0.05, 0) is 0 Å². The van der Waals surface area contributed by atoms with Crippen molar-refractivity contribution in [2.24, 2.45) is 0 Å². The standard InChI is InChI=1S/C11H28O2SSi3/c1-15(2,3)10-11(14(10,12)13,16(4,5)6)17(7,8)9/h10H,1-9H3. The molecule has 102 valence electrons. The maximum atomic E-state index is 12.8. The molecule has 0 aromatic rings. The van der Waals surface area contributed by atoms with E-state index in [1.54, 1.807) is 0 Å². The van der Waals surface area contributed by atoms with Gasteiger partial charge < -0.3 is 0 Å². The van der Waals surface area contributed by atoms with E-state index >= 15 is 0 Å². The zero-order valence-electron chi connectivity index (χ0n) is 12.8. The van der Waals surface area contributed by atoms with Crippen LogP contribution in [0.1, 0.15) is 0 Å². The van der Waals surface area contributed by atoms with E-state index in [-0.39, 0.29) is 8.87 Å². The Hall–Kier alpha value is 0.601. The van der Waals surface area contributed by atoms with Crippen molar-refractivity contribution in [3.05, 3.63) is 0 Å². The van der Waals surface area contributed by atoms with Crippen LogP contribution in [-0.2, 0) is 9.84 Å². The molecule has 17 heavy (non-hydrogen) atoms. The van der Waals surface area contributed by atoms with E-state index in [0.717, 1.165) is 0 Å². The van der Waals surface area contributed by atoms with Crippen molar-refractivity contribution in [3.8, 4) is 0 Å². The lowest BCUT2D eigenvalue weighted by atomic mass is 10.9. The quantitative estimate of drug-likeness (QED) is 0.593. The summed E-state index contributed by atoms with van der Waals surface area (Å²) in [4.78, 5) is 0.0285. The summed E-state index contributed by atoms with van der Waals surface area (Å²) in [5.41, 5.74) is 0. The topological polar surface area (TPSA) is 34.1 Å². The van der Waals surface area contributed by atoms with Crippen LogP contribution >= 0.6 is 0 Å². The van der Waals surface area contributed by atoms with E-state index in [1.807, 2.05) is 0 Å². The first-order chi connectivity index (χ1) is 7.12. The maximum absolute atomic E-state index is 12.8. The molecule has 0 bridgehead atoms. The van der Waals surface area contributed by atoms with Crippen LogP contribution in [0.15, 0.2) is 0 Å². The van der Waals surface area contributed by atoms with Crippen molar-refractivity contribution in [1.29, 1.82) is 0 Å². The van der Waals surface area contributed by atoms with E-state index in [2.05, 4.69) is 58.9 Å². The Bertz CT molecular complexity index is 407. The van der Waals surface area contributed by atoms with Crippen LogP contribution in [-0.4, -0.2) is 41.5 Å². The molecular weight excluding hydrogens is 280 g/mol. The largest absolute Gasteiger partial charge is 0.229 e. The van der Waals surface area contributed by atoms with Gasteiger partial charge in [0.2, 0.25) is 0 Å². The molecule has 0 aromatic carbocycles. The van der Waals surface area contributed by atoms with Crippen LogP contribution in [0.5, 0.6) is 0 Å². The number of sulfone groups is 1. The molecule has 1 aliphatic heterocycles.